The summed E-state index contributed by atoms with van der Waals surface area (Å²) in [6.45, 7) is 6.10. The van der Waals surface area contributed by atoms with Crippen LogP contribution < -0.4 is 0 Å². The summed E-state index contributed by atoms with van der Waals surface area (Å²) >= 11 is 0. The summed E-state index contributed by atoms with van der Waals surface area (Å²) in [5, 5.41) is 9.79. The van der Waals surface area contributed by atoms with E-state index in [-0.39, 0.29) is 11.3 Å². The molecule has 0 saturated carbocycles. The first-order chi connectivity index (χ1) is 8.45. The van der Waals surface area contributed by atoms with Crippen LogP contribution in [-0.4, -0.2) is 21.4 Å². The number of carboxylic acids is 1. The number of aromatic carboxylic acids is 1. The van der Waals surface area contributed by atoms with Crippen molar-refractivity contribution >= 4 is 22.7 Å². The predicted molar refractivity (Wildman–Crippen MR) is 69.3 cm³/mol. The number of hydrogen-bond acceptors (Lipinski definition) is 2. The Kier molecular flexibility index (Phi) is 2.95. The molecule has 0 spiro atoms. The summed E-state index contributed by atoms with van der Waals surface area (Å²) in [5.41, 5.74) is 2.61. The number of fused-ring (bicyclic) bond motifs is 1. The number of carbonyl (C=O) groups is 2. The summed E-state index contributed by atoms with van der Waals surface area (Å²) in [5.74, 6) is -1.02. The third-order valence-electron chi connectivity index (χ3n) is 3.13. The molecule has 2 aromatic rings. The Morgan fingerprint density at radius 2 is 2.00 bits per heavy atom. The van der Waals surface area contributed by atoms with Gasteiger partial charge in [0.25, 0.3) is 0 Å². The van der Waals surface area contributed by atoms with E-state index in [0.29, 0.717) is 5.56 Å². The highest BCUT2D eigenvalue weighted by Crippen LogP contribution is 2.26. The first-order valence-corrected chi connectivity index (χ1v) is 5.83. The topological polar surface area (TPSA) is 59.3 Å². The van der Waals surface area contributed by atoms with Gasteiger partial charge in [-0.05, 0) is 38.5 Å². The van der Waals surface area contributed by atoms with Crippen LogP contribution in [0.3, 0.4) is 0 Å². The van der Waals surface area contributed by atoms with E-state index < -0.39 is 5.97 Å². The van der Waals surface area contributed by atoms with Gasteiger partial charge < -0.3 is 9.67 Å². The molecule has 0 bridgehead atoms. The van der Waals surface area contributed by atoms with Crippen LogP contribution in [0, 0.1) is 6.92 Å². The summed E-state index contributed by atoms with van der Waals surface area (Å²) in [6.07, 6.45) is 1.80. The molecule has 0 fully saturated rings. The second-order valence-corrected chi connectivity index (χ2v) is 4.38. The van der Waals surface area contributed by atoms with E-state index in [1.54, 1.807) is 18.3 Å². The quantitative estimate of drug-likeness (QED) is 0.846. The van der Waals surface area contributed by atoms with Crippen molar-refractivity contribution in [2.75, 3.05) is 0 Å². The number of hydrogen-bond donors (Lipinski definition) is 1. The maximum absolute atomic E-state index is 11.6. The van der Waals surface area contributed by atoms with E-state index in [1.807, 2.05) is 18.4 Å². The van der Waals surface area contributed by atoms with Crippen molar-refractivity contribution in [3.05, 3.63) is 35.0 Å². The Labute approximate surface area is 105 Å². The number of carboxylic acid groups (broad SMARTS) is 1. The third-order valence-corrected chi connectivity index (χ3v) is 3.13. The molecule has 1 N–H and O–H groups in total. The van der Waals surface area contributed by atoms with Crippen LogP contribution in [0.2, 0.25) is 0 Å². The Hall–Kier alpha value is -2.10. The largest absolute Gasteiger partial charge is 0.478 e. The van der Waals surface area contributed by atoms with Crippen LogP contribution in [0.1, 0.15) is 40.1 Å². The molecule has 4 heteroatoms. The van der Waals surface area contributed by atoms with E-state index in [9.17, 15) is 9.59 Å². The molecule has 4 nitrogen and oxygen atoms in total. The molecular weight excluding hydrogens is 230 g/mol. The SMILES string of the molecule is CCn1cc(C(C)=O)c2cc(C(=O)O)cc(C)c21. The zero-order chi connectivity index (χ0) is 13.4. The van der Waals surface area contributed by atoms with Gasteiger partial charge in [0.1, 0.15) is 0 Å². The van der Waals surface area contributed by atoms with Crippen molar-refractivity contribution in [2.45, 2.75) is 27.3 Å². The molecule has 1 heterocycles. The first-order valence-electron chi connectivity index (χ1n) is 5.83. The maximum Gasteiger partial charge on any atom is 0.335 e. The van der Waals surface area contributed by atoms with Gasteiger partial charge in [-0.15, -0.1) is 0 Å². The number of rotatable bonds is 3. The number of benzene rings is 1. The van der Waals surface area contributed by atoms with Gasteiger partial charge >= 0.3 is 5.97 Å². The fourth-order valence-corrected chi connectivity index (χ4v) is 2.31. The van der Waals surface area contributed by atoms with Gasteiger partial charge in [0.15, 0.2) is 5.78 Å². The lowest BCUT2D eigenvalue weighted by Gasteiger charge is -2.05. The number of Topliss-reactive ketones (excluding diaryl/α,β-unsaturated/α-hetero) is 1. The lowest BCUT2D eigenvalue weighted by atomic mass is 10.0. The number of ketones is 1. The van der Waals surface area contributed by atoms with Gasteiger partial charge in [-0.3, -0.25) is 4.79 Å². The molecule has 0 aliphatic rings. The molecular formula is C14H15NO3. The highest BCUT2D eigenvalue weighted by atomic mass is 16.4. The second kappa shape index (κ2) is 4.29. The second-order valence-electron chi connectivity index (χ2n) is 4.38. The van der Waals surface area contributed by atoms with Gasteiger partial charge in [0.05, 0.1) is 11.1 Å². The van der Waals surface area contributed by atoms with Gasteiger partial charge in [-0.1, -0.05) is 0 Å². The molecule has 0 aliphatic heterocycles. The Morgan fingerprint density at radius 3 is 2.50 bits per heavy atom. The molecule has 2 rings (SSSR count). The minimum Gasteiger partial charge on any atom is -0.478 e. The van der Waals surface area contributed by atoms with E-state index in [0.717, 1.165) is 23.0 Å². The molecule has 0 amide bonds. The molecule has 0 unspecified atom stereocenters. The summed E-state index contributed by atoms with van der Waals surface area (Å²) in [6, 6.07) is 3.22. The summed E-state index contributed by atoms with van der Waals surface area (Å²) in [4.78, 5) is 22.7. The van der Waals surface area contributed by atoms with Gasteiger partial charge in [0.2, 0.25) is 0 Å². The van der Waals surface area contributed by atoms with E-state index in [1.165, 1.54) is 6.92 Å². The zero-order valence-corrected chi connectivity index (χ0v) is 10.7. The van der Waals surface area contributed by atoms with Crippen molar-refractivity contribution in [1.29, 1.82) is 0 Å². The lowest BCUT2D eigenvalue weighted by Crippen LogP contribution is -1.99. The maximum atomic E-state index is 11.6. The van der Waals surface area contributed by atoms with E-state index >= 15 is 0 Å². The fraction of sp³-hybridized carbons (Fsp3) is 0.286. The first kappa shape index (κ1) is 12.4. The minimum atomic E-state index is -0.973. The highest BCUT2D eigenvalue weighted by Gasteiger charge is 2.16. The molecule has 1 aromatic carbocycles. The average molecular weight is 245 g/mol. The smallest absolute Gasteiger partial charge is 0.335 e. The summed E-state index contributed by atoms with van der Waals surface area (Å²) in [7, 11) is 0. The normalized spacial score (nSPS) is 10.8. The standard InChI is InChI=1S/C14H15NO3/c1-4-15-7-12(9(3)16)11-6-10(14(17)18)5-8(2)13(11)15/h5-7H,4H2,1-3H3,(H,17,18). The molecule has 0 radical (unpaired) electrons. The van der Waals surface area contributed by atoms with Crippen molar-refractivity contribution in [3.63, 3.8) is 0 Å². The van der Waals surface area contributed by atoms with Crippen molar-refractivity contribution in [1.82, 2.24) is 4.57 Å². The van der Waals surface area contributed by atoms with Crippen LogP contribution >= 0.6 is 0 Å². The van der Waals surface area contributed by atoms with Crippen LogP contribution in [0.25, 0.3) is 10.9 Å². The number of aromatic nitrogens is 1. The molecule has 0 saturated heterocycles. The van der Waals surface area contributed by atoms with Crippen LogP contribution in [-0.2, 0) is 6.54 Å². The predicted octanol–water partition coefficient (Wildman–Crippen LogP) is 2.87. The molecule has 0 atom stereocenters. The average Bonchev–Trinajstić information content (AvgIpc) is 2.68. The number of carbonyl (C=O) groups excluding carboxylic acids is 1. The van der Waals surface area contributed by atoms with Crippen LogP contribution in [0.4, 0.5) is 0 Å². The van der Waals surface area contributed by atoms with E-state index in [4.69, 9.17) is 5.11 Å². The van der Waals surface area contributed by atoms with Crippen molar-refractivity contribution < 1.29 is 14.7 Å². The zero-order valence-electron chi connectivity index (χ0n) is 10.7. The van der Waals surface area contributed by atoms with Gasteiger partial charge in [-0.2, -0.15) is 0 Å². The highest BCUT2D eigenvalue weighted by molar-refractivity contribution is 6.09. The number of aryl methyl sites for hydroxylation is 2. The number of nitrogens with zero attached hydrogens (tertiary/aromatic N) is 1. The van der Waals surface area contributed by atoms with Crippen molar-refractivity contribution in [2.24, 2.45) is 0 Å². The monoisotopic (exact) mass is 245 g/mol. The summed E-state index contributed by atoms with van der Waals surface area (Å²) < 4.78 is 1.98. The Balaban J connectivity index is 2.88. The third kappa shape index (κ3) is 1.79. The van der Waals surface area contributed by atoms with Crippen LogP contribution in [0.15, 0.2) is 18.3 Å². The van der Waals surface area contributed by atoms with Gasteiger partial charge in [-0.25, -0.2) is 4.79 Å². The lowest BCUT2D eigenvalue weighted by molar-refractivity contribution is 0.0696. The molecule has 0 aliphatic carbocycles. The van der Waals surface area contributed by atoms with Gasteiger partial charge in [0, 0.05) is 23.7 Å². The van der Waals surface area contributed by atoms with Crippen LogP contribution in [0.5, 0.6) is 0 Å². The Morgan fingerprint density at radius 1 is 1.33 bits per heavy atom. The van der Waals surface area contributed by atoms with E-state index in [2.05, 4.69) is 0 Å². The molecule has 18 heavy (non-hydrogen) atoms. The van der Waals surface area contributed by atoms with Crippen molar-refractivity contribution in [3.8, 4) is 0 Å². The minimum absolute atomic E-state index is 0.0471. The Bertz CT molecular complexity index is 653. The fourth-order valence-electron chi connectivity index (χ4n) is 2.31. The molecule has 94 valence electrons. The molecule has 1 aromatic heterocycles.